The lowest BCUT2D eigenvalue weighted by Crippen LogP contribution is -2.61. The third-order valence-electron chi connectivity index (χ3n) is 7.11. The molecule has 1 fully saturated rings. The second-order valence-electron chi connectivity index (χ2n) is 10.0. The zero-order valence-electron chi connectivity index (χ0n) is 22.4. The van der Waals surface area contributed by atoms with Gasteiger partial charge in [0.05, 0.1) is 26.4 Å². The van der Waals surface area contributed by atoms with Crippen molar-refractivity contribution in [1.29, 1.82) is 0 Å². The van der Waals surface area contributed by atoms with Gasteiger partial charge in [0, 0.05) is 0 Å². The summed E-state index contributed by atoms with van der Waals surface area (Å²) in [5.41, 5.74) is 3.66. The fourth-order valence-electron chi connectivity index (χ4n) is 4.98. The molecule has 1 heterocycles. The van der Waals surface area contributed by atoms with Crippen molar-refractivity contribution in [3.63, 3.8) is 0 Å². The van der Waals surface area contributed by atoms with Gasteiger partial charge in [0.2, 0.25) is 0 Å². The molecule has 1 aliphatic rings. The van der Waals surface area contributed by atoms with Crippen molar-refractivity contribution >= 4 is 0 Å². The summed E-state index contributed by atoms with van der Waals surface area (Å²) in [6.07, 6.45) is -5.17. The minimum Gasteiger partial charge on any atom is -0.387 e. The summed E-state index contributed by atoms with van der Waals surface area (Å²) in [7, 11) is 0. The van der Waals surface area contributed by atoms with Crippen LogP contribution in [0.25, 0.3) is 0 Å². The van der Waals surface area contributed by atoms with Crippen molar-refractivity contribution in [2.45, 2.75) is 56.4 Å². The third kappa shape index (κ3) is 7.43. The number of aliphatic hydroxyl groups is 2. The Morgan fingerprint density at radius 2 is 1.05 bits per heavy atom. The summed E-state index contributed by atoms with van der Waals surface area (Å²) in [6.45, 7) is 1.19. The van der Waals surface area contributed by atoms with Crippen LogP contribution in [-0.2, 0) is 38.8 Å². The largest absolute Gasteiger partial charge is 0.387 e. The first-order valence-electron chi connectivity index (χ1n) is 13.7. The maximum absolute atomic E-state index is 11.6. The molecule has 0 spiro atoms. The van der Waals surface area contributed by atoms with Gasteiger partial charge in [-0.1, -0.05) is 121 Å². The van der Waals surface area contributed by atoms with E-state index in [1.165, 1.54) is 0 Å². The summed E-state index contributed by atoms with van der Waals surface area (Å²) in [5.74, 6) is 0. The van der Waals surface area contributed by atoms with Gasteiger partial charge in [-0.2, -0.15) is 0 Å². The molecule has 6 atom stereocenters. The van der Waals surface area contributed by atoms with Gasteiger partial charge in [-0.05, 0) is 22.3 Å². The third-order valence-corrected chi connectivity index (χ3v) is 7.11. The Labute approximate surface area is 235 Å². The molecule has 0 saturated carbocycles. The summed E-state index contributed by atoms with van der Waals surface area (Å²) in [4.78, 5) is 0. The zero-order chi connectivity index (χ0) is 27.6. The monoisotopic (exact) mass is 540 g/mol. The van der Waals surface area contributed by atoms with E-state index in [9.17, 15) is 10.2 Å². The van der Waals surface area contributed by atoms with Crippen LogP contribution in [0.4, 0.5) is 0 Å². The highest BCUT2D eigenvalue weighted by molar-refractivity contribution is 5.20. The molecule has 0 aliphatic carbocycles. The van der Waals surface area contributed by atoms with Crippen LogP contribution < -0.4 is 0 Å². The van der Waals surface area contributed by atoms with E-state index in [0.717, 1.165) is 16.7 Å². The second-order valence-corrected chi connectivity index (χ2v) is 10.0. The molecule has 2 N–H and O–H groups in total. The van der Waals surface area contributed by atoms with Gasteiger partial charge < -0.3 is 29.2 Å². The fourth-order valence-corrected chi connectivity index (χ4v) is 4.98. The summed E-state index contributed by atoms with van der Waals surface area (Å²) in [5, 5.41) is 22.9. The summed E-state index contributed by atoms with van der Waals surface area (Å²) in [6, 6.07) is 38.8. The zero-order valence-corrected chi connectivity index (χ0v) is 22.4. The fraction of sp³-hybridized carbons (Fsp3) is 0.294. The lowest BCUT2D eigenvalue weighted by molar-refractivity contribution is -0.276. The average molecular weight is 541 g/mol. The van der Waals surface area contributed by atoms with Crippen molar-refractivity contribution in [3.8, 4) is 0 Å². The molecule has 0 unspecified atom stereocenters. The molecule has 6 heteroatoms. The first kappa shape index (κ1) is 28.2. The van der Waals surface area contributed by atoms with E-state index in [4.69, 9.17) is 18.9 Å². The van der Waals surface area contributed by atoms with Gasteiger partial charge in [0.1, 0.15) is 36.6 Å². The Morgan fingerprint density at radius 1 is 0.600 bits per heavy atom. The summed E-state index contributed by atoms with van der Waals surface area (Å²) >= 11 is 0. The topological polar surface area (TPSA) is 77.4 Å². The van der Waals surface area contributed by atoms with Crippen molar-refractivity contribution in [1.82, 2.24) is 0 Å². The van der Waals surface area contributed by atoms with E-state index >= 15 is 0 Å². The Morgan fingerprint density at radius 3 is 1.57 bits per heavy atom. The van der Waals surface area contributed by atoms with Gasteiger partial charge in [0.15, 0.2) is 0 Å². The smallest absolute Gasteiger partial charge is 0.117 e. The van der Waals surface area contributed by atoms with E-state index in [2.05, 4.69) is 0 Å². The van der Waals surface area contributed by atoms with Crippen LogP contribution in [0.2, 0.25) is 0 Å². The number of hydrogen-bond donors (Lipinski definition) is 2. The predicted molar refractivity (Wildman–Crippen MR) is 152 cm³/mol. The average Bonchev–Trinajstić information content (AvgIpc) is 3.02. The Bertz CT molecular complexity index is 1250. The highest BCUT2D eigenvalue weighted by atomic mass is 16.6. The van der Waals surface area contributed by atoms with Crippen LogP contribution in [-0.4, -0.2) is 47.3 Å². The van der Waals surface area contributed by atoms with Gasteiger partial charge >= 0.3 is 0 Å². The van der Waals surface area contributed by atoms with Gasteiger partial charge in [-0.15, -0.1) is 0 Å². The predicted octanol–water partition coefficient (Wildman–Crippen LogP) is 5.24. The SMILES string of the molecule is O[C@@H]1[C@@H](OCc2ccccc2)[C@@H](OCc2ccccc2)[C@@H](COCc2ccccc2)O[C@H]1[C@H](O)c1ccccc1. The number of rotatable bonds is 12. The first-order valence-corrected chi connectivity index (χ1v) is 13.7. The second kappa shape index (κ2) is 14.3. The van der Waals surface area contributed by atoms with Crippen LogP contribution in [0.5, 0.6) is 0 Å². The Hall–Kier alpha value is -3.36. The van der Waals surface area contributed by atoms with Crippen LogP contribution >= 0.6 is 0 Å². The highest BCUT2D eigenvalue weighted by Crippen LogP contribution is 2.34. The number of aliphatic hydroxyl groups excluding tert-OH is 2. The molecule has 0 amide bonds. The lowest BCUT2D eigenvalue weighted by Gasteiger charge is -2.46. The van der Waals surface area contributed by atoms with Crippen molar-refractivity contribution in [3.05, 3.63) is 144 Å². The number of ether oxygens (including phenoxy) is 4. The van der Waals surface area contributed by atoms with Crippen molar-refractivity contribution < 1.29 is 29.2 Å². The van der Waals surface area contributed by atoms with E-state index in [1.807, 2.05) is 121 Å². The van der Waals surface area contributed by atoms with E-state index in [1.54, 1.807) is 0 Å². The van der Waals surface area contributed by atoms with Gasteiger partial charge in [0.25, 0.3) is 0 Å². The normalized spacial score (nSPS) is 23.5. The minimum atomic E-state index is -1.15. The highest BCUT2D eigenvalue weighted by Gasteiger charge is 2.49. The Balaban J connectivity index is 1.40. The maximum atomic E-state index is 11.6. The van der Waals surface area contributed by atoms with E-state index in [0.29, 0.717) is 18.8 Å². The number of benzene rings is 4. The van der Waals surface area contributed by atoms with Crippen molar-refractivity contribution in [2.75, 3.05) is 6.61 Å². The quantitative estimate of drug-likeness (QED) is 0.256. The molecule has 1 aliphatic heterocycles. The van der Waals surface area contributed by atoms with Crippen LogP contribution in [0, 0.1) is 0 Å². The standard InChI is InChI=1S/C34H36O6/c35-30(28-19-11-4-12-20-28)33-31(36)34(39-23-27-17-9-3-10-18-27)32(38-22-26-15-7-2-8-16-26)29(40-33)24-37-21-25-13-5-1-6-14-25/h1-20,29-36H,21-24H2/t29-,30-,31+,32+,33+,34-/m1/s1. The minimum absolute atomic E-state index is 0.199. The molecule has 4 aromatic carbocycles. The molecule has 0 radical (unpaired) electrons. The van der Waals surface area contributed by atoms with Crippen LogP contribution in [0.3, 0.4) is 0 Å². The molecule has 4 aromatic rings. The van der Waals surface area contributed by atoms with Gasteiger partial charge in [-0.3, -0.25) is 0 Å². The molecular weight excluding hydrogens is 504 g/mol. The van der Waals surface area contributed by atoms with Gasteiger partial charge in [-0.25, -0.2) is 0 Å². The molecule has 208 valence electrons. The molecule has 0 aromatic heterocycles. The van der Waals surface area contributed by atoms with Crippen LogP contribution in [0.1, 0.15) is 28.4 Å². The van der Waals surface area contributed by atoms with Crippen molar-refractivity contribution in [2.24, 2.45) is 0 Å². The molecule has 40 heavy (non-hydrogen) atoms. The molecule has 5 rings (SSSR count). The first-order chi connectivity index (χ1) is 19.7. The summed E-state index contributed by atoms with van der Waals surface area (Å²) < 4.78 is 25.3. The van der Waals surface area contributed by atoms with Crippen LogP contribution in [0.15, 0.2) is 121 Å². The van der Waals surface area contributed by atoms with E-state index in [-0.39, 0.29) is 13.2 Å². The molecular formula is C34H36O6. The Kier molecular flexibility index (Phi) is 10.1. The van der Waals surface area contributed by atoms with E-state index < -0.39 is 36.6 Å². The lowest BCUT2D eigenvalue weighted by atomic mass is 9.89. The number of hydrogen-bond acceptors (Lipinski definition) is 6. The molecule has 0 bridgehead atoms. The molecule has 6 nitrogen and oxygen atoms in total. The molecule has 1 saturated heterocycles. The maximum Gasteiger partial charge on any atom is 0.117 e.